The van der Waals surface area contributed by atoms with Crippen molar-refractivity contribution in [3.8, 4) is 0 Å². The molecule has 6 rings (SSSR count). The number of rotatable bonds is 14. The van der Waals surface area contributed by atoms with Crippen LogP contribution < -0.4 is 20.7 Å². The summed E-state index contributed by atoms with van der Waals surface area (Å²) in [6.07, 6.45) is 7.85. The molecule has 0 unspecified atom stereocenters. The summed E-state index contributed by atoms with van der Waals surface area (Å²) in [5.74, 6) is 0.209. The fourth-order valence-electron chi connectivity index (χ4n) is 8.56. The summed E-state index contributed by atoms with van der Waals surface area (Å²) in [6, 6.07) is 48.8. The van der Waals surface area contributed by atoms with Gasteiger partial charge in [-0.1, -0.05) is 169 Å². The highest BCUT2D eigenvalue weighted by Gasteiger charge is 2.52. The molecule has 1 aromatic heterocycles. The maximum absolute atomic E-state index is 7.63. The molecule has 0 atom stereocenters. The van der Waals surface area contributed by atoms with Gasteiger partial charge in [-0.25, -0.2) is 0 Å². The SMILES string of the molecule is CC(C)(C)[Si](OCC(CCCc1ccc2c(n1)CCCC2)CO[Si](c1ccccc1)(c1ccccc1)C(C)(C)C)(c1ccccc1)c1ccccc1. The highest BCUT2D eigenvalue weighted by atomic mass is 28.4. The number of pyridine rings is 1. The summed E-state index contributed by atoms with van der Waals surface area (Å²) >= 11 is 0. The molecule has 5 heteroatoms. The predicted molar refractivity (Wildman–Crippen MR) is 224 cm³/mol. The lowest BCUT2D eigenvalue weighted by Gasteiger charge is -2.45. The fraction of sp³-hybridized carbons (Fsp3) is 0.383. The first-order chi connectivity index (χ1) is 25.0. The predicted octanol–water partition coefficient (Wildman–Crippen LogP) is 9.05. The Bertz CT molecular complexity index is 1650. The molecule has 0 spiro atoms. The smallest absolute Gasteiger partial charge is 0.261 e. The minimum atomic E-state index is -2.73. The topological polar surface area (TPSA) is 31.4 Å². The summed E-state index contributed by atoms with van der Waals surface area (Å²) in [6.45, 7) is 15.5. The zero-order valence-corrected chi connectivity index (χ0v) is 34.4. The quantitative estimate of drug-likeness (QED) is 0.107. The molecule has 5 aromatic rings. The second-order valence-electron chi connectivity index (χ2n) is 16.8. The molecule has 3 nitrogen and oxygen atoms in total. The van der Waals surface area contributed by atoms with E-state index in [9.17, 15) is 0 Å². The van der Waals surface area contributed by atoms with Gasteiger partial charge in [0.2, 0.25) is 0 Å². The zero-order chi connectivity index (χ0) is 36.7. The average Bonchev–Trinajstić information content (AvgIpc) is 3.15. The molecule has 0 aliphatic heterocycles. The van der Waals surface area contributed by atoms with Crippen molar-refractivity contribution in [2.75, 3.05) is 13.2 Å². The summed E-state index contributed by atoms with van der Waals surface area (Å²) in [4.78, 5) is 5.16. The maximum atomic E-state index is 7.63. The first-order valence-electron chi connectivity index (χ1n) is 19.5. The average molecular weight is 726 g/mol. The van der Waals surface area contributed by atoms with E-state index in [1.807, 2.05) is 0 Å². The molecule has 0 N–H and O–H groups in total. The Morgan fingerprint density at radius 3 is 1.35 bits per heavy atom. The summed E-state index contributed by atoms with van der Waals surface area (Å²) in [5.41, 5.74) is 4.00. The van der Waals surface area contributed by atoms with Gasteiger partial charge in [0.15, 0.2) is 0 Å². The third-order valence-corrected chi connectivity index (χ3v) is 21.2. The Labute approximate surface area is 316 Å². The standard InChI is InChI=1S/C47H59NO2Si2/c1-46(2,3)51(41-25-11-7-12-26-41,42-27-13-8-14-28-42)49-36-38(22-21-24-40-35-34-39-23-19-20-33-45(39)48-40)37-50-52(47(4,5)6,43-29-15-9-16-30-43)44-31-17-10-18-32-44/h7-18,25-32,34-35,38H,19-24,33,36-37H2,1-6H3. The number of aryl methyl sites for hydroxylation is 3. The van der Waals surface area contributed by atoms with Gasteiger partial charge in [-0.15, -0.1) is 0 Å². The molecule has 272 valence electrons. The highest BCUT2D eigenvalue weighted by Crippen LogP contribution is 2.39. The van der Waals surface area contributed by atoms with Crippen molar-refractivity contribution >= 4 is 37.4 Å². The van der Waals surface area contributed by atoms with Crippen molar-refractivity contribution in [2.24, 2.45) is 5.92 Å². The van der Waals surface area contributed by atoms with E-state index in [-0.39, 0.29) is 16.0 Å². The van der Waals surface area contributed by atoms with Gasteiger partial charge in [-0.3, -0.25) is 4.98 Å². The molecule has 4 aromatic carbocycles. The molecule has 52 heavy (non-hydrogen) atoms. The largest absolute Gasteiger partial charge is 0.407 e. The van der Waals surface area contributed by atoms with Crippen molar-refractivity contribution in [2.45, 2.75) is 96.6 Å². The molecular formula is C47H59NO2Si2. The van der Waals surface area contributed by atoms with E-state index in [0.29, 0.717) is 13.2 Å². The van der Waals surface area contributed by atoms with Crippen LogP contribution in [0.15, 0.2) is 133 Å². The van der Waals surface area contributed by atoms with Crippen LogP contribution in [-0.4, -0.2) is 34.8 Å². The van der Waals surface area contributed by atoms with Crippen LogP contribution in [0.1, 0.15) is 84.2 Å². The Balaban J connectivity index is 1.35. The van der Waals surface area contributed by atoms with Crippen LogP contribution in [0.2, 0.25) is 10.1 Å². The van der Waals surface area contributed by atoms with Gasteiger partial charge >= 0.3 is 0 Å². The normalized spacial score (nSPS) is 14.0. The molecule has 1 aliphatic carbocycles. The van der Waals surface area contributed by atoms with Gasteiger partial charge in [0.25, 0.3) is 16.6 Å². The second-order valence-corrected chi connectivity index (χ2v) is 25.4. The van der Waals surface area contributed by atoms with E-state index in [4.69, 9.17) is 13.8 Å². The van der Waals surface area contributed by atoms with Crippen LogP contribution in [0.4, 0.5) is 0 Å². The molecular weight excluding hydrogens is 667 g/mol. The molecule has 0 bridgehead atoms. The van der Waals surface area contributed by atoms with Crippen LogP contribution in [0.3, 0.4) is 0 Å². The van der Waals surface area contributed by atoms with Gasteiger partial charge in [-0.2, -0.15) is 0 Å². The van der Waals surface area contributed by atoms with Crippen LogP contribution in [0, 0.1) is 5.92 Å². The second kappa shape index (κ2) is 16.6. The number of fused-ring (bicyclic) bond motifs is 1. The van der Waals surface area contributed by atoms with Crippen LogP contribution in [0.5, 0.6) is 0 Å². The number of benzene rings is 4. The Morgan fingerprint density at radius 1 is 0.538 bits per heavy atom. The van der Waals surface area contributed by atoms with Crippen LogP contribution in [-0.2, 0) is 28.1 Å². The third-order valence-electron chi connectivity index (χ3n) is 11.2. The molecule has 0 saturated heterocycles. The first kappa shape index (κ1) is 38.1. The minimum absolute atomic E-state index is 0.0911. The summed E-state index contributed by atoms with van der Waals surface area (Å²) in [7, 11) is -5.46. The fourth-order valence-corrected chi connectivity index (χ4v) is 17.8. The molecule has 0 amide bonds. The number of hydrogen-bond acceptors (Lipinski definition) is 3. The lowest BCUT2D eigenvalue weighted by molar-refractivity contribution is 0.155. The molecule has 0 fully saturated rings. The number of aromatic nitrogens is 1. The van der Waals surface area contributed by atoms with E-state index >= 15 is 0 Å². The minimum Gasteiger partial charge on any atom is -0.407 e. The Morgan fingerprint density at radius 2 is 0.942 bits per heavy atom. The van der Waals surface area contributed by atoms with Crippen LogP contribution >= 0.6 is 0 Å². The zero-order valence-electron chi connectivity index (χ0n) is 32.4. The maximum Gasteiger partial charge on any atom is 0.261 e. The lowest BCUT2D eigenvalue weighted by atomic mass is 9.95. The van der Waals surface area contributed by atoms with Gasteiger partial charge < -0.3 is 8.85 Å². The molecule has 1 heterocycles. The molecule has 0 saturated carbocycles. The number of nitrogens with zero attached hydrogens (tertiary/aromatic N) is 1. The van der Waals surface area contributed by atoms with E-state index in [2.05, 4.69) is 175 Å². The third kappa shape index (κ3) is 8.13. The van der Waals surface area contributed by atoms with Crippen molar-refractivity contribution in [3.05, 3.63) is 150 Å². The van der Waals surface area contributed by atoms with E-state index in [0.717, 1.165) is 25.7 Å². The lowest BCUT2D eigenvalue weighted by Crippen LogP contribution is -2.67. The first-order valence-corrected chi connectivity index (χ1v) is 23.3. The molecule has 0 radical (unpaired) electrons. The Hall–Kier alpha value is -3.62. The van der Waals surface area contributed by atoms with Crippen molar-refractivity contribution in [3.63, 3.8) is 0 Å². The van der Waals surface area contributed by atoms with Gasteiger partial charge in [0.1, 0.15) is 0 Å². The van der Waals surface area contributed by atoms with Crippen LogP contribution in [0.25, 0.3) is 0 Å². The van der Waals surface area contributed by atoms with E-state index < -0.39 is 16.6 Å². The Kier molecular flexibility index (Phi) is 12.2. The number of hydrogen-bond donors (Lipinski definition) is 0. The van der Waals surface area contributed by atoms with E-state index in [1.54, 1.807) is 0 Å². The van der Waals surface area contributed by atoms with Gasteiger partial charge in [0.05, 0.1) is 0 Å². The molecule has 1 aliphatic rings. The van der Waals surface area contributed by atoms with Gasteiger partial charge in [-0.05, 0) is 87.4 Å². The summed E-state index contributed by atoms with van der Waals surface area (Å²) < 4.78 is 15.3. The van der Waals surface area contributed by atoms with E-state index in [1.165, 1.54) is 57.0 Å². The van der Waals surface area contributed by atoms with Crippen molar-refractivity contribution in [1.29, 1.82) is 0 Å². The van der Waals surface area contributed by atoms with Gasteiger partial charge in [0, 0.05) is 30.5 Å². The summed E-state index contributed by atoms with van der Waals surface area (Å²) in [5, 5.41) is 5.09. The highest BCUT2D eigenvalue weighted by molar-refractivity contribution is 7.00. The monoisotopic (exact) mass is 725 g/mol. The van der Waals surface area contributed by atoms with Crippen molar-refractivity contribution < 1.29 is 8.85 Å². The van der Waals surface area contributed by atoms with Crippen molar-refractivity contribution in [1.82, 2.24) is 4.98 Å².